The fraction of sp³-hybridized carbons (Fsp3) is 0.200. The van der Waals surface area contributed by atoms with Gasteiger partial charge in [-0.3, -0.25) is 9.78 Å². The third-order valence-electron chi connectivity index (χ3n) is 6.36. The Bertz CT molecular complexity index is 1440. The summed E-state index contributed by atoms with van der Waals surface area (Å²) in [4.78, 5) is 37.5. The lowest BCUT2D eigenvalue weighted by Gasteiger charge is -2.36. The molecule has 1 N–H and O–H groups in total. The van der Waals surface area contributed by atoms with E-state index < -0.39 is 12.0 Å². The van der Waals surface area contributed by atoms with Crippen LogP contribution in [0.25, 0.3) is 5.70 Å². The molecule has 2 aliphatic rings. The number of fused-ring (bicyclic) bond motifs is 1. The number of thioether (sulfide) groups is 1. The van der Waals surface area contributed by atoms with Gasteiger partial charge < -0.3 is 19.7 Å². The van der Waals surface area contributed by atoms with Crippen LogP contribution in [0, 0.1) is 0 Å². The van der Waals surface area contributed by atoms with Crippen LogP contribution < -0.4 is 10.1 Å². The number of esters is 1. The Morgan fingerprint density at radius 3 is 2.46 bits per heavy atom. The smallest absolute Gasteiger partial charge is 0.338 e. The zero-order valence-electron chi connectivity index (χ0n) is 21.7. The highest BCUT2D eigenvalue weighted by Gasteiger charge is 2.42. The molecule has 2 aromatic carbocycles. The Labute approximate surface area is 231 Å². The summed E-state index contributed by atoms with van der Waals surface area (Å²) < 4.78 is 10.9. The molecule has 0 saturated heterocycles. The maximum absolute atomic E-state index is 13.6. The van der Waals surface area contributed by atoms with Gasteiger partial charge in [0.15, 0.2) is 5.17 Å². The van der Waals surface area contributed by atoms with E-state index in [1.54, 1.807) is 26.4 Å². The molecule has 0 saturated carbocycles. The van der Waals surface area contributed by atoms with Crippen molar-refractivity contribution in [3.05, 3.63) is 112 Å². The molecule has 3 aromatic rings. The van der Waals surface area contributed by atoms with Crippen LogP contribution in [-0.2, 0) is 20.9 Å². The summed E-state index contributed by atoms with van der Waals surface area (Å²) in [6.07, 6.45) is 3.52. The van der Waals surface area contributed by atoms with E-state index in [4.69, 9.17) is 14.5 Å². The van der Waals surface area contributed by atoms with Crippen LogP contribution in [0.1, 0.15) is 36.1 Å². The monoisotopic (exact) mass is 540 g/mol. The summed E-state index contributed by atoms with van der Waals surface area (Å²) in [6, 6.07) is 20.4. The Hall–Kier alpha value is -4.37. The molecule has 39 heavy (non-hydrogen) atoms. The second-order valence-electron chi connectivity index (χ2n) is 8.82. The van der Waals surface area contributed by atoms with Crippen molar-refractivity contribution < 1.29 is 19.1 Å². The molecule has 0 radical (unpaired) electrons. The van der Waals surface area contributed by atoms with Crippen LogP contribution in [0.5, 0.6) is 5.75 Å². The van der Waals surface area contributed by atoms with Crippen LogP contribution >= 0.6 is 11.8 Å². The van der Waals surface area contributed by atoms with Gasteiger partial charge >= 0.3 is 5.97 Å². The predicted molar refractivity (Wildman–Crippen MR) is 151 cm³/mol. The molecule has 3 heterocycles. The molecule has 198 valence electrons. The van der Waals surface area contributed by atoms with Crippen molar-refractivity contribution in [1.82, 2.24) is 15.2 Å². The highest BCUT2D eigenvalue weighted by Crippen LogP contribution is 2.47. The minimum atomic E-state index is -0.549. The quantitative estimate of drug-likeness (QED) is 0.379. The van der Waals surface area contributed by atoms with Crippen LogP contribution in [0.4, 0.5) is 0 Å². The average molecular weight is 541 g/mol. The third kappa shape index (κ3) is 5.73. The number of rotatable bonds is 9. The first-order valence-corrected chi connectivity index (χ1v) is 13.5. The summed E-state index contributed by atoms with van der Waals surface area (Å²) in [5.74, 6) is 0.123. The zero-order chi connectivity index (χ0) is 27.2. The number of ether oxygens (including phenoxy) is 2. The van der Waals surface area contributed by atoms with Crippen LogP contribution in [0.15, 0.2) is 101 Å². The molecule has 1 aromatic heterocycles. The molecule has 1 amide bonds. The maximum Gasteiger partial charge on any atom is 0.338 e. The topological polar surface area (TPSA) is 93.1 Å². The summed E-state index contributed by atoms with van der Waals surface area (Å²) >= 11 is 1.44. The summed E-state index contributed by atoms with van der Waals surface area (Å²) in [6.45, 7) is 2.41. The van der Waals surface area contributed by atoms with Gasteiger partial charge in [-0.2, -0.15) is 0 Å². The summed E-state index contributed by atoms with van der Waals surface area (Å²) in [7, 11) is 1.61. The molecule has 2 aliphatic heterocycles. The number of carbonyl (C=O) groups is 2. The Morgan fingerprint density at radius 1 is 1.03 bits per heavy atom. The summed E-state index contributed by atoms with van der Waals surface area (Å²) in [5, 5.41) is 5.60. The van der Waals surface area contributed by atoms with E-state index in [9.17, 15) is 9.59 Å². The Kier molecular flexibility index (Phi) is 8.07. The number of hydrogen-bond donors (Lipinski definition) is 1. The molecule has 0 bridgehead atoms. The van der Waals surface area contributed by atoms with E-state index in [0.29, 0.717) is 28.7 Å². The van der Waals surface area contributed by atoms with E-state index in [0.717, 1.165) is 22.4 Å². The van der Waals surface area contributed by atoms with E-state index >= 15 is 0 Å². The molecular weight excluding hydrogens is 512 g/mol. The van der Waals surface area contributed by atoms with Gasteiger partial charge in [0.25, 0.3) is 0 Å². The van der Waals surface area contributed by atoms with E-state index in [2.05, 4.69) is 10.3 Å². The highest BCUT2D eigenvalue weighted by molar-refractivity contribution is 8.16. The molecule has 0 aliphatic carbocycles. The normalized spacial score (nSPS) is 16.3. The Morgan fingerprint density at radius 2 is 1.77 bits per heavy atom. The van der Waals surface area contributed by atoms with Crippen LogP contribution in [0.3, 0.4) is 0 Å². The lowest BCUT2D eigenvalue weighted by molar-refractivity contribution is -0.139. The molecular formula is C30H28N4O4S. The molecule has 0 spiro atoms. The Balaban J connectivity index is 1.53. The number of carbonyl (C=O) groups excluding carboxylic acids is 2. The van der Waals surface area contributed by atoms with Crippen molar-refractivity contribution in [2.24, 2.45) is 4.99 Å². The molecule has 8 nitrogen and oxygen atoms in total. The van der Waals surface area contributed by atoms with Crippen LogP contribution in [0.2, 0.25) is 0 Å². The first kappa shape index (κ1) is 26.2. The standard InChI is InChI=1S/C30H28N4O4S/c1-3-38-29(36)26-27(21-7-5-4-6-8-21)33-30-34(28(26)22-9-11-24(37-2)12-10-22)23(19-39-30)17-25(35)32-18-20-13-15-31-16-14-20/h4-16,19,28H,3,17-18H2,1-2H3,(H,32,35)/t28-/m0/s1. The van der Waals surface area contributed by atoms with Gasteiger partial charge in [-0.1, -0.05) is 54.2 Å². The lowest BCUT2D eigenvalue weighted by Crippen LogP contribution is -2.38. The predicted octanol–water partition coefficient (Wildman–Crippen LogP) is 5.07. The lowest BCUT2D eigenvalue weighted by atomic mass is 9.91. The summed E-state index contributed by atoms with van der Waals surface area (Å²) in [5.41, 5.74) is 4.36. The number of methoxy groups -OCH3 is 1. The minimum Gasteiger partial charge on any atom is -0.497 e. The third-order valence-corrected chi connectivity index (χ3v) is 7.25. The van der Waals surface area contributed by atoms with Crippen molar-refractivity contribution in [2.75, 3.05) is 13.7 Å². The van der Waals surface area contributed by atoms with Gasteiger partial charge in [-0.15, -0.1) is 0 Å². The van der Waals surface area contributed by atoms with Crippen molar-refractivity contribution in [3.63, 3.8) is 0 Å². The van der Waals surface area contributed by atoms with Crippen molar-refractivity contribution in [2.45, 2.75) is 25.9 Å². The number of aromatic nitrogens is 1. The van der Waals surface area contributed by atoms with Gasteiger partial charge in [-0.25, -0.2) is 9.79 Å². The van der Waals surface area contributed by atoms with Crippen LogP contribution in [-0.4, -0.2) is 40.6 Å². The van der Waals surface area contributed by atoms with E-state index in [1.165, 1.54) is 11.8 Å². The second kappa shape index (κ2) is 12.0. The molecule has 5 rings (SSSR count). The average Bonchev–Trinajstić information content (AvgIpc) is 3.38. The number of nitrogens with zero attached hydrogens (tertiary/aromatic N) is 3. The number of benzene rings is 2. The van der Waals surface area contributed by atoms with Gasteiger partial charge in [0.2, 0.25) is 5.91 Å². The fourth-order valence-corrected chi connectivity index (χ4v) is 5.44. The first-order valence-electron chi connectivity index (χ1n) is 12.6. The SMILES string of the molecule is CCOC(=O)C1=C(c2ccccc2)N=C2SC=C(CC(=O)NCc3ccncc3)N2[C@H]1c1ccc(OC)cc1. The van der Waals surface area contributed by atoms with Gasteiger partial charge in [0, 0.05) is 30.2 Å². The van der Waals surface area contributed by atoms with Crippen molar-refractivity contribution in [1.29, 1.82) is 0 Å². The minimum absolute atomic E-state index is 0.126. The molecule has 0 fully saturated rings. The number of amides is 1. The highest BCUT2D eigenvalue weighted by atomic mass is 32.2. The number of amidine groups is 1. The second-order valence-corrected chi connectivity index (χ2v) is 9.66. The van der Waals surface area contributed by atoms with Gasteiger partial charge in [0.1, 0.15) is 5.75 Å². The van der Waals surface area contributed by atoms with E-state index in [-0.39, 0.29) is 18.9 Å². The first-order chi connectivity index (χ1) is 19.1. The zero-order valence-corrected chi connectivity index (χ0v) is 22.5. The number of aliphatic imine (C=N–C) groups is 1. The number of pyridine rings is 1. The molecule has 1 atom stereocenters. The van der Waals surface area contributed by atoms with E-state index in [1.807, 2.05) is 77.0 Å². The van der Waals surface area contributed by atoms with Gasteiger partial charge in [0.05, 0.1) is 37.4 Å². The van der Waals surface area contributed by atoms with Gasteiger partial charge in [-0.05, 0) is 47.7 Å². The largest absolute Gasteiger partial charge is 0.497 e. The molecule has 0 unspecified atom stereocenters. The fourth-order valence-electron chi connectivity index (χ4n) is 4.52. The maximum atomic E-state index is 13.6. The molecule has 9 heteroatoms. The number of nitrogens with one attached hydrogen (secondary N) is 1. The van der Waals surface area contributed by atoms with Crippen molar-refractivity contribution >= 4 is 34.5 Å². The van der Waals surface area contributed by atoms with Crippen molar-refractivity contribution in [3.8, 4) is 5.75 Å². The number of hydrogen-bond acceptors (Lipinski definition) is 8.